The van der Waals surface area contributed by atoms with E-state index >= 15 is 0 Å². The quantitative estimate of drug-likeness (QED) is 0.724. The van der Waals surface area contributed by atoms with Crippen molar-refractivity contribution in [1.29, 1.82) is 0 Å². The number of carbonyl (C=O) groups excluding carboxylic acids is 1. The average molecular weight is 283 g/mol. The third-order valence-electron chi connectivity index (χ3n) is 4.53. The first-order chi connectivity index (χ1) is 9.58. The van der Waals surface area contributed by atoms with E-state index in [2.05, 4.69) is 0 Å². The van der Waals surface area contributed by atoms with E-state index < -0.39 is 23.4 Å². The van der Waals surface area contributed by atoms with E-state index in [1.807, 2.05) is 0 Å². The summed E-state index contributed by atoms with van der Waals surface area (Å²) in [7, 11) is 0. The van der Waals surface area contributed by atoms with Crippen LogP contribution in [-0.2, 0) is 0 Å². The van der Waals surface area contributed by atoms with Crippen LogP contribution in [0.25, 0.3) is 0 Å². The number of amides is 1. The number of fused-ring (bicyclic) bond motifs is 1. The van der Waals surface area contributed by atoms with Gasteiger partial charge in [-0.15, -0.1) is 0 Å². The zero-order chi connectivity index (χ0) is 14.3. The Balaban J connectivity index is 1.81. The van der Waals surface area contributed by atoms with Gasteiger partial charge in [-0.2, -0.15) is 0 Å². The maximum absolute atomic E-state index is 13.7. The topological polar surface area (TPSA) is 20.3 Å². The summed E-state index contributed by atoms with van der Waals surface area (Å²) < 4.78 is 39.8. The second-order valence-electron chi connectivity index (χ2n) is 5.74. The molecule has 1 aliphatic carbocycles. The molecule has 3 rings (SSSR count). The second-order valence-corrected chi connectivity index (χ2v) is 5.74. The molecule has 1 heterocycles. The second kappa shape index (κ2) is 5.11. The average Bonchev–Trinajstić information content (AvgIpc) is 2.88. The summed E-state index contributed by atoms with van der Waals surface area (Å²) in [6.45, 7) is 1.20. The lowest BCUT2D eigenvalue weighted by Gasteiger charge is -2.22. The minimum Gasteiger partial charge on any atom is -0.338 e. The number of carbonyl (C=O) groups is 1. The molecule has 1 saturated carbocycles. The first-order valence-electron chi connectivity index (χ1n) is 7.00. The highest BCUT2D eigenvalue weighted by Gasteiger charge is 2.37. The molecule has 5 heteroatoms. The van der Waals surface area contributed by atoms with E-state index in [4.69, 9.17) is 0 Å². The number of hydrogen-bond acceptors (Lipinski definition) is 1. The maximum Gasteiger partial charge on any atom is 0.256 e. The number of hydrogen-bond donors (Lipinski definition) is 0. The van der Waals surface area contributed by atoms with Crippen molar-refractivity contribution in [2.24, 2.45) is 11.8 Å². The zero-order valence-electron chi connectivity index (χ0n) is 11.0. The van der Waals surface area contributed by atoms with Crippen molar-refractivity contribution in [3.63, 3.8) is 0 Å². The fraction of sp³-hybridized carbons (Fsp3) is 0.533. The molecule has 1 saturated heterocycles. The van der Waals surface area contributed by atoms with Gasteiger partial charge in [-0.05, 0) is 36.8 Å². The normalized spacial score (nSPS) is 25.6. The van der Waals surface area contributed by atoms with Crippen molar-refractivity contribution in [3.8, 4) is 0 Å². The lowest BCUT2D eigenvalue weighted by Crippen LogP contribution is -2.30. The molecule has 108 valence electrons. The van der Waals surface area contributed by atoms with Crippen LogP contribution in [0, 0.1) is 29.3 Å². The lowest BCUT2D eigenvalue weighted by atomic mass is 9.82. The van der Waals surface area contributed by atoms with E-state index in [9.17, 15) is 18.0 Å². The molecule has 20 heavy (non-hydrogen) atoms. The summed E-state index contributed by atoms with van der Waals surface area (Å²) >= 11 is 0. The van der Waals surface area contributed by atoms with Gasteiger partial charge in [-0.1, -0.05) is 12.8 Å². The highest BCUT2D eigenvalue weighted by Crippen LogP contribution is 2.36. The van der Waals surface area contributed by atoms with Crippen LogP contribution in [0.2, 0.25) is 0 Å². The van der Waals surface area contributed by atoms with Gasteiger partial charge in [0.15, 0.2) is 17.5 Å². The lowest BCUT2D eigenvalue weighted by molar-refractivity contribution is 0.0778. The van der Waals surface area contributed by atoms with Gasteiger partial charge in [0, 0.05) is 13.1 Å². The van der Waals surface area contributed by atoms with Crippen molar-refractivity contribution in [2.75, 3.05) is 13.1 Å². The highest BCUT2D eigenvalue weighted by molar-refractivity contribution is 5.94. The fourth-order valence-electron chi connectivity index (χ4n) is 3.43. The van der Waals surface area contributed by atoms with Crippen molar-refractivity contribution < 1.29 is 18.0 Å². The standard InChI is InChI=1S/C15H16F3NO/c16-12-6-5-11(13(17)14(12)18)15(20)19-7-9-3-1-2-4-10(9)8-19/h5-6,9-10H,1-4,7-8H2. The van der Waals surface area contributed by atoms with Gasteiger partial charge in [0.25, 0.3) is 5.91 Å². The predicted molar refractivity (Wildman–Crippen MR) is 67.7 cm³/mol. The Kier molecular flexibility index (Phi) is 3.44. The Labute approximate surface area is 115 Å². The summed E-state index contributed by atoms with van der Waals surface area (Å²) in [5.74, 6) is -3.82. The molecule has 2 unspecified atom stereocenters. The third kappa shape index (κ3) is 2.19. The molecule has 0 radical (unpaired) electrons. The number of rotatable bonds is 1. The van der Waals surface area contributed by atoms with Gasteiger partial charge in [0.05, 0.1) is 5.56 Å². The summed E-state index contributed by atoms with van der Waals surface area (Å²) in [6, 6.07) is 1.83. The SMILES string of the molecule is O=C(c1ccc(F)c(F)c1F)N1CC2CCCCC2C1. The molecule has 1 aliphatic heterocycles. The van der Waals surface area contributed by atoms with E-state index in [0.29, 0.717) is 24.9 Å². The molecule has 0 spiro atoms. The van der Waals surface area contributed by atoms with Crippen LogP contribution in [-0.4, -0.2) is 23.9 Å². The number of halogens is 3. The molecule has 2 atom stereocenters. The largest absolute Gasteiger partial charge is 0.338 e. The fourth-order valence-corrected chi connectivity index (χ4v) is 3.43. The van der Waals surface area contributed by atoms with Crippen LogP contribution >= 0.6 is 0 Å². The third-order valence-corrected chi connectivity index (χ3v) is 4.53. The molecule has 2 aliphatic rings. The monoisotopic (exact) mass is 283 g/mol. The van der Waals surface area contributed by atoms with Gasteiger partial charge in [0.2, 0.25) is 0 Å². The van der Waals surface area contributed by atoms with Crippen molar-refractivity contribution in [1.82, 2.24) is 4.90 Å². The summed E-state index contributed by atoms with van der Waals surface area (Å²) in [6.07, 6.45) is 4.52. The van der Waals surface area contributed by atoms with Crippen LogP contribution in [0.3, 0.4) is 0 Å². The predicted octanol–water partition coefficient (Wildman–Crippen LogP) is 3.37. The molecule has 1 aromatic rings. The minimum atomic E-state index is -1.58. The van der Waals surface area contributed by atoms with Gasteiger partial charge >= 0.3 is 0 Å². The Morgan fingerprint density at radius 3 is 2.20 bits per heavy atom. The Morgan fingerprint density at radius 2 is 1.60 bits per heavy atom. The summed E-state index contributed by atoms with van der Waals surface area (Å²) in [4.78, 5) is 13.9. The molecule has 2 fully saturated rings. The van der Waals surface area contributed by atoms with E-state index in [-0.39, 0.29) is 5.56 Å². The van der Waals surface area contributed by atoms with Crippen molar-refractivity contribution in [3.05, 3.63) is 35.1 Å². The molecule has 2 nitrogen and oxygen atoms in total. The van der Waals surface area contributed by atoms with Gasteiger partial charge in [-0.3, -0.25) is 4.79 Å². The molecule has 1 amide bonds. The Morgan fingerprint density at radius 1 is 1.00 bits per heavy atom. The van der Waals surface area contributed by atoms with Gasteiger partial charge < -0.3 is 4.90 Å². The van der Waals surface area contributed by atoms with E-state index in [1.54, 1.807) is 4.90 Å². The van der Waals surface area contributed by atoms with Crippen LogP contribution in [0.4, 0.5) is 13.2 Å². The number of benzene rings is 1. The Hall–Kier alpha value is -1.52. The number of likely N-dealkylation sites (tertiary alicyclic amines) is 1. The van der Waals surface area contributed by atoms with Crippen LogP contribution in [0.1, 0.15) is 36.0 Å². The first kappa shape index (κ1) is 13.5. The van der Waals surface area contributed by atoms with Gasteiger partial charge in [0.1, 0.15) is 0 Å². The molecule has 0 bridgehead atoms. The molecule has 0 N–H and O–H groups in total. The summed E-state index contributed by atoms with van der Waals surface area (Å²) in [5.41, 5.74) is -0.373. The maximum atomic E-state index is 13.7. The van der Waals surface area contributed by atoms with Crippen LogP contribution in [0.15, 0.2) is 12.1 Å². The summed E-state index contributed by atoms with van der Waals surface area (Å²) in [5, 5.41) is 0. The Bertz CT molecular complexity index is 532. The molecule has 1 aromatic carbocycles. The first-order valence-corrected chi connectivity index (χ1v) is 7.00. The van der Waals surface area contributed by atoms with Crippen LogP contribution < -0.4 is 0 Å². The molecular weight excluding hydrogens is 267 g/mol. The molecule has 0 aromatic heterocycles. The molecular formula is C15H16F3NO. The zero-order valence-corrected chi connectivity index (χ0v) is 11.0. The highest BCUT2D eigenvalue weighted by atomic mass is 19.2. The van der Waals surface area contributed by atoms with Gasteiger partial charge in [-0.25, -0.2) is 13.2 Å². The van der Waals surface area contributed by atoms with E-state index in [0.717, 1.165) is 25.0 Å². The number of nitrogens with zero attached hydrogens (tertiary/aromatic N) is 1. The van der Waals surface area contributed by atoms with Crippen molar-refractivity contribution in [2.45, 2.75) is 25.7 Å². The minimum absolute atomic E-state index is 0.373. The smallest absolute Gasteiger partial charge is 0.256 e. The van der Waals surface area contributed by atoms with E-state index in [1.165, 1.54) is 12.8 Å². The van der Waals surface area contributed by atoms with Crippen molar-refractivity contribution >= 4 is 5.91 Å². The van der Waals surface area contributed by atoms with Crippen LogP contribution in [0.5, 0.6) is 0 Å².